The first-order chi connectivity index (χ1) is 12.1. The molecule has 26 heavy (non-hydrogen) atoms. The van der Waals surface area contributed by atoms with Gasteiger partial charge in [0.15, 0.2) is 5.78 Å². The predicted octanol–water partition coefficient (Wildman–Crippen LogP) is 4.82. The number of ether oxygens (including phenoxy) is 2. The Kier molecular flexibility index (Phi) is 5.76. The minimum Gasteiger partial charge on any atom is -0.485 e. The van der Waals surface area contributed by atoms with Crippen LogP contribution in [0.1, 0.15) is 22.8 Å². The number of alkyl halides is 3. The summed E-state index contributed by atoms with van der Waals surface area (Å²) in [6.07, 6.45) is -4.55. The molecule has 2 rings (SSSR count). The van der Waals surface area contributed by atoms with Gasteiger partial charge < -0.3 is 14.6 Å². The molecule has 138 valence electrons. The SMILES string of the molecule is CC(=O)COc1ccc(Oc2ccc(C(F)(F)F)cc2Cl)cc1C(=O)O. The summed E-state index contributed by atoms with van der Waals surface area (Å²) >= 11 is 5.80. The fraction of sp³-hybridized carbons (Fsp3) is 0.176. The Morgan fingerprint density at radius 2 is 1.77 bits per heavy atom. The van der Waals surface area contributed by atoms with Gasteiger partial charge in [-0.15, -0.1) is 0 Å². The molecular formula is C17H12ClF3O5. The summed E-state index contributed by atoms with van der Waals surface area (Å²) < 4.78 is 48.4. The Bertz CT molecular complexity index is 849. The van der Waals surface area contributed by atoms with Crippen LogP contribution in [-0.4, -0.2) is 23.5 Å². The number of carbonyl (C=O) groups is 2. The van der Waals surface area contributed by atoms with Gasteiger partial charge in [-0.25, -0.2) is 4.79 Å². The summed E-state index contributed by atoms with van der Waals surface area (Å²) in [4.78, 5) is 22.3. The highest BCUT2D eigenvalue weighted by molar-refractivity contribution is 6.32. The van der Waals surface area contributed by atoms with Gasteiger partial charge in [-0.05, 0) is 43.3 Å². The standard InChI is InChI=1S/C17H12ClF3O5/c1-9(22)8-25-14-5-3-11(7-12(14)16(23)24)26-15-4-2-10(6-13(15)18)17(19,20)21/h2-7H,8H2,1H3,(H,23,24). The van der Waals surface area contributed by atoms with Gasteiger partial charge in [-0.2, -0.15) is 13.2 Å². The number of carboxylic acid groups (broad SMARTS) is 1. The average Bonchev–Trinajstić information content (AvgIpc) is 2.54. The topological polar surface area (TPSA) is 72.8 Å². The molecular weight excluding hydrogens is 377 g/mol. The molecule has 0 bridgehead atoms. The van der Waals surface area contributed by atoms with Crippen molar-refractivity contribution in [1.82, 2.24) is 0 Å². The zero-order valence-corrected chi connectivity index (χ0v) is 14.0. The van der Waals surface area contributed by atoms with E-state index in [1.807, 2.05) is 0 Å². The number of hydrogen-bond acceptors (Lipinski definition) is 4. The van der Waals surface area contributed by atoms with Gasteiger partial charge in [0.2, 0.25) is 0 Å². The molecule has 0 saturated heterocycles. The summed E-state index contributed by atoms with van der Waals surface area (Å²) in [6, 6.07) is 6.27. The Labute approximate surface area is 150 Å². The van der Waals surface area contributed by atoms with E-state index in [4.69, 9.17) is 21.1 Å². The van der Waals surface area contributed by atoms with E-state index in [2.05, 4.69) is 0 Å². The highest BCUT2D eigenvalue weighted by Crippen LogP contribution is 2.37. The third-order valence-corrected chi connectivity index (χ3v) is 3.39. The second-order valence-electron chi connectivity index (χ2n) is 5.20. The molecule has 0 heterocycles. The minimum atomic E-state index is -4.55. The predicted molar refractivity (Wildman–Crippen MR) is 86.1 cm³/mol. The first-order valence-electron chi connectivity index (χ1n) is 7.12. The van der Waals surface area contributed by atoms with Crippen molar-refractivity contribution in [1.29, 1.82) is 0 Å². The fourth-order valence-corrected chi connectivity index (χ4v) is 2.15. The quantitative estimate of drug-likeness (QED) is 0.768. The first-order valence-corrected chi connectivity index (χ1v) is 7.50. The second-order valence-corrected chi connectivity index (χ2v) is 5.61. The molecule has 0 atom stereocenters. The molecule has 5 nitrogen and oxygen atoms in total. The number of aromatic carboxylic acids is 1. The van der Waals surface area contributed by atoms with Crippen LogP contribution in [0.25, 0.3) is 0 Å². The van der Waals surface area contributed by atoms with Crippen LogP contribution < -0.4 is 9.47 Å². The van der Waals surface area contributed by atoms with E-state index in [1.54, 1.807) is 0 Å². The Hall–Kier alpha value is -2.74. The maximum Gasteiger partial charge on any atom is 0.416 e. The number of Topliss-reactive ketones (excluding diaryl/α,β-unsaturated/α-hetero) is 1. The molecule has 0 amide bonds. The van der Waals surface area contributed by atoms with Gasteiger partial charge in [-0.3, -0.25) is 4.79 Å². The summed E-state index contributed by atoms with van der Waals surface area (Å²) in [6.45, 7) is 0.982. The lowest BCUT2D eigenvalue weighted by Gasteiger charge is -2.13. The van der Waals surface area contributed by atoms with E-state index >= 15 is 0 Å². The molecule has 0 aliphatic heterocycles. The average molecular weight is 389 g/mol. The molecule has 0 unspecified atom stereocenters. The van der Waals surface area contributed by atoms with E-state index < -0.39 is 17.7 Å². The third kappa shape index (κ3) is 4.89. The van der Waals surface area contributed by atoms with Crippen molar-refractivity contribution in [3.05, 3.63) is 52.5 Å². The lowest BCUT2D eigenvalue weighted by Crippen LogP contribution is -2.10. The smallest absolute Gasteiger partial charge is 0.416 e. The molecule has 2 aromatic carbocycles. The van der Waals surface area contributed by atoms with E-state index in [0.717, 1.165) is 18.2 Å². The van der Waals surface area contributed by atoms with Crippen LogP contribution in [0.2, 0.25) is 5.02 Å². The van der Waals surface area contributed by atoms with E-state index in [9.17, 15) is 27.9 Å². The zero-order chi connectivity index (χ0) is 19.5. The van der Waals surface area contributed by atoms with Crippen molar-refractivity contribution in [3.63, 3.8) is 0 Å². The largest absolute Gasteiger partial charge is 0.485 e. The first kappa shape index (κ1) is 19.6. The van der Waals surface area contributed by atoms with Crippen molar-refractivity contribution in [2.24, 2.45) is 0 Å². The molecule has 0 spiro atoms. The molecule has 0 radical (unpaired) electrons. The Balaban J connectivity index is 2.28. The van der Waals surface area contributed by atoms with Crippen LogP contribution in [0, 0.1) is 0 Å². The molecule has 0 aliphatic carbocycles. The third-order valence-electron chi connectivity index (χ3n) is 3.10. The summed E-state index contributed by atoms with van der Waals surface area (Å²) in [7, 11) is 0. The lowest BCUT2D eigenvalue weighted by atomic mass is 10.2. The highest BCUT2D eigenvalue weighted by atomic mass is 35.5. The van der Waals surface area contributed by atoms with E-state index in [1.165, 1.54) is 19.1 Å². The van der Waals surface area contributed by atoms with Gasteiger partial charge >= 0.3 is 12.1 Å². The van der Waals surface area contributed by atoms with Crippen LogP contribution >= 0.6 is 11.6 Å². The van der Waals surface area contributed by atoms with Crippen molar-refractivity contribution >= 4 is 23.4 Å². The Morgan fingerprint density at radius 1 is 1.12 bits per heavy atom. The summed E-state index contributed by atoms with van der Waals surface area (Å²) in [5.41, 5.74) is -1.21. The molecule has 0 aromatic heterocycles. The van der Waals surface area contributed by atoms with Crippen LogP contribution in [0.5, 0.6) is 17.2 Å². The van der Waals surface area contributed by atoms with Crippen LogP contribution in [-0.2, 0) is 11.0 Å². The number of ketones is 1. The monoisotopic (exact) mass is 388 g/mol. The van der Waals surface area contributed by atoms with Gasteiger partial charge in [-0.1, -0.05) is 11.6 Å². The second kappa shape index (κ2) is 7.65. The van der Waals surface area contributed by atoms with Gasteiger partial charge in [0, 0.05) is 0 Å². The minimum absolute atomic E-state index is 0.0271. The number of rotatable bonds is 6. The summed E-state index contributed by atoms with van der Waals surface area (Å²) in [5.74, 6) is -1.71. The maximum atomic E-state index is 12.6. The summed E-state index contributed by atoms with van der Waals surface area (Å²) in [5, 5.41) is 8.95. The van der Waals surface area contributed by atoms with Gasteiger partial charge in [0.05, 0.1) is 10.6 Å². The van der Waals surface area contributed by atoms with E-state index in [0.29, 0.717) is 6.07 Å². The number of carbonyl (C=O) groups excluding carboxylic acids is 1. The molecule has 0 saturated carbocycles. The zero-order valence-electron chi connectivity index (χ0n) is 13.3. The van der Waals surface area contributed by atoms with Crippen molar-refractivity contribution in [3.8, 4) is 17.2 Å². The normalized spacial score (nSPS) is 11.1. The van der Waals surface area contributed by atoms with Crippen molar-refractivity contribution < 1.29 is 37.3 Å². The van der Waals surface area contributed by atoms with Crippen molar-refractivity contribution in [2.45, 2.75) is 13.1 Å². The molecule has 0 fully saturated rings. The molecule has 0 aliphatic rings. The molecule has 2 aromatic rings. The maximum absolute atomic E-state index is 12.6. The van der Waals surface area contributed by atoms with Gasteiger partial charge in [0.1, 0.15) is 29.4 Å². The highest BCUT2D eigenvalue weighted by Gasteiger charge is 2.31. The van der Waals surface area contributed by atoms with Gasteiger partial charge in [0.25, 0.3) is 0 Å². The van der Waals surface area contributed by atoms with Crippen LogP contribution in [0.15, 0.2) is 36.4 Å². The lowest BCUT2D eigenvalue weighted by molar-refractivity contribution is -0.137. The molecule has 1 N–H and O–H groups in total. The number of halogens is 4. The van der Waals surface area contributed by atoms with E-state index in [-0.39, 0.29) is 40.2 Å². The number of carboxylic acids is 1. The van der Waals surface area contributed by atoms with Crippen LogP contribution in [0.4, 0.5) is 13.2 Å². The Morgan fingerprint density at radius 3 is 2.31 bits per heavy atom. The number of benzene rings is 2. The fourth-order valence-electron chi connectivity index (χ4n) is 1.93. The molecule has 9 heteroatoms. The van der Waals surface area contributed by atoms with Crippen molar-refractivity contribution in [2.75, 3.05) is 6.61 Å². The van der Waals surface area contributed by atoms with Crippen LogP contribution in [0.3, 0.4) is 0 Å². The number of hydrogen-bond donors (Lipinski definition) is 1.